The third-order valence-electron chi connectivity index (χ3n) is 1.92. The van der Waals surface area contributed by atoms with Crippen LogP contribution in [0.3, 0.4) is 0 Å². The summed E-state index contributed by atoms with van der Waals surface area (Å²) in [7, 11) is 1.64. The second-order valence-electron chi connectivity index (χ2n) is 3.28. The average Bonchev–Trinajstić information content (AvgIpc) is 2.77. The first-order valence-corrected chi connectivity index (χ1v) is 5.19. The van der Waals surface area contributed by atoms with Gasteiger partial charge in [-0.1, -0.05) is 5.16 Å². The topological polar surface area (TPSA) is 76.4 Å². The molecule has 0 saturated carbocycles. The van der Waals surface area contributed by atoms with Crippen LogP contribution in [0.25, 0.3) is 0 Å². The highest BCUT2D eigenvalue weighted by atomic mass is 16.5. The number of nitrogens with zero attached hydrogens (tertiary/aromatic N) is 1. The summed E-state index contributed by atoms with van der Waals surface area (Å²) < 4.78 is 9.74. The fourth-order valence-corrected chi connectivity index (χ4v) is 1.14. The van der Waals surface area contributed by atoms with Crippen LogP contribution in [0, 0.1) is 0 Å². The molecule has 0 saturated heterocycles. The van der Waals surface area contributed by atoms with Crippen LogP contribution < -0.4 is 10.6 Å². The van der Waals surface area contributed by atoms with Crippen molar-refractivity contribution in [3.05, 3.63) is 18.0 Å². The van der Waals surface area contributed by atoms with E-state index in [-0.39, 0.29) is 12.5 Å². The smallest absolute Gasteiger partial charge is 0.233 e. The van der Waals surface area contributed by atoms with Gasteiger partial charge in [-0.2, -0.15) is 0 Å². The van der Waals surface area contributed by atoms with Gasteiger partial charge in [0.1, 0.15) is 5.76 Å². The van der Waals surface area contributed by atoms with Gasteiger partial charge in [-0.3, -0.25) is 4.79 Å². The maximum Gasteiger partial charge on any atom is 0.233 e. The van der Waals surface area contributed by atoms with Crippen molar-refractivity contribution in [2.45, 2.75) is 13.0 Å². The second-order valence-corrected chi connectivity index (χ2v) is 3.28. The molecule has 1 aromatic heterocycles. The summed E-state index contributed by atoms with van der Waals surface area (Å²) in [5.74, 6) is 0.683. The van der Waals surface area contributed by atoms with E-state index in [0.29, 0.717) is 25.5 Å². The molecule has 0 unspecified atom stereocenters. The van der Waals surface area contributed by atoms with Crippen molar-refractivity contribution < 1.29 is 14.1 Å². The molecule has 0 spiro atoms. The van der Waals surface area contributed by atoms with Crippen LogP contribution in [-0.2, 0) is 16.1 Å². The van der Waals surface area contributed by atoms with Crippen LogP contribution in [0.15, 0.2) is 16.8 Å². The molecule has 0 bridgehead atoms. The zero-order chi connectivity index (χ0) is 11.6. The minimum atomic E-state index is -0.0318. The number of ether oxygens (including phenoxy) is 1. The summed E-state index contributed by atoms with van der Waals surface area (Å²) in [6, 6.07) is 1.75. The molecule has 0 radical (unpaired) electrons. The first-order chi connectivity index (χ1) is 7.83. The van der Waals surface area contributed by atoms with E-state index in [1.165, 1.54) is 0 Å². The Morgan fingerprint density at radius 2 is 2.50 bits per heavy atom. The Morgan fingerprint density at radius 3 is 3.19 bits per heavy atom. The number of carbonyl (C=O) groups is 1. The average molecular weight is 227 g/mol. The molecule has 0 fully saturated rings. The van der Waals surface area contributed by atoms with Crippen molar-refractivity contribution in [3.63, 3.8) is 0 Å². The summed E-state index contributed by atoms with van der Waals surface area (Å²) in [4.78, 5) is 11.3. The van der Waals surface area contributed by atoms with E-state index in [1.807, 2.05) is 0 Å². The summed E-state index contributed by atoms with van der Waals surface area (Å²) in [6.07, 6.45) is 2.40. The van der Waals surface area contributed by atoms with E-state index in [0.717, 1.165) is 6.42 Å². The molecule has 1 amide bonds. The maximum atomic E-state index is 11.3. The van der Waals surface area contributed by atoms with Gasteiger partial charge < -0.3 is 19.9 Å². The van der Waals surface area contributed by atoms with Crippen molar-refractivity contribution in [2.75, 3.05) is 26.8 Å². The minimum Gasteiger partial charge on any atom is -0.385 e. The van der Waals surface area contributed by atoms with E-state index < -0.39 is 0 Å². The van der Waals surface area contributed by atoms with E-state index in [4.69, 9.17) is 9.26 Å². The predicted molar refractivity (Wildman–Crippen MR) is 57.7 cm³/mol. The Bertz CT molecular complexity index is 288. The Labute approximate surface area is 94.3 Å². The van der Waals surface area contributed by atoms with Gasteiger partial charge in [-0.25, -0.2) is 0 Å². The van der Waals surface area contributed by atoms with E-state index in [1.54, 1.807) is 19.4 Å². The fraction of sp³-hybridized carbons (Fsp3) is 0.600. The third-order valence-corrected chi connectivity index (χ3v) is 1.92. The van der Waals surface area contributed by atoms with Crippen molar-refractivity contribution in [1.82, 2.24) is 15.8 Å². The van der Waals surface area contributed by atoms with Crippen LogP contribution in [0.4, 0.5) is 0 Å². The Hall–Kier alpha value is -1.40. The zero-order valence-corrected chi connectivity index (χ0v) is 9.36. The summed E-state index contributed by atoms with van der Waals surface area (Å²) in [5.41, 5.74) is 0. The van der Waals surface area contributed by atoms with E-state index in [2.05, 4.69) is 15.8 Å². The summed E-state index contributed by atoms with van der Waals surface area (Å²) in [5, 5.41) is 9.28. The number of hydrogen-bond acceptors (Lipinski definition) is 5. The van der Waals surface area contributed by atoms with Crippen LogP contribution >= 0.6 is 0 Å². The Balaban J connectivity index is 1.98. The largest absolute Gasteiger partial charge is 0.385 e. The van der Waals surface area contributed by atoms with Crippen molar-refractivity contribution in [3.8, 4) is 0 Å². The molecular weight excluding hydrogens is 210 g/mol. The molecule has 6 nitrogen and oxygen atoms in total. The fourth-order valence-electron chi connectivity index (χ4n) is 1.14. The highest BCUT2D eigenvalue weighted by molar-refractivity contribution is 5.77. The number of carbonyl (C=O) groups excluding carboxylic acids is 1. The summed E-state index contributed by atoms with van der Waals surface area (Å²) in [6.45, 7) is 2.07. The third kappa shape index (κ3) is 5.47. The molecule has 6 heteroatoms. The van der Waals surface area contributed by atoms with Crippen LogP contribution in [-0.4, -0.2) is 37.9 Å². The summed E-state index contributed by atoms with van der Waals surface area (Å²) >= 11 is 0. The molecular formula is C10H17N3O3. The Kier molecular flexibility index (Phi) is 6.20. The van der Waals surface area contributed by atoms with Crippen LogP contribution in [0.2, 0.25) is 0 Å². The van der Waals surface area contributed by atoms with E-state index in [9.17, 15) is 4.79 Å². The molecule has 0 aliphatic rings. The lowest BCUT2D eigenvalue weighted by Gasteiger charge is -2.05. The van der Waals surface area contributed by atoms with Crippen molar-refractivity contribution in [1.29, 1.82) is 0 Å². The lowest BCUT2D eigenvalue weighted by atomic mass is 10.4. The Morgan fingerprint density at radius 1 is 1.62 bits per heavy atom. The van der Waals surface area contributed by atoms with Crippen LogP contribution in [0.5, 0.6) is 0 Å². The van der Waals surface area contributed by atoms with Gasteiger partial charge in [-0.05, 0) is 6.42 Å². The highest BCUT2D eigenvalue weighted by Crippen LogP contribution is 1.93. The SMILES string of the molecule is COCCCNC(=O)CNCc1ccno1. The minimum absolute atomic E-state index is 0.0318. The monoisotopic (exact) mass is 227 g/mol. The van der Waals surface area contributed by atoms with Gasteiger partial charge >= 0.3 is 0 Å². The molecule has 0 atom stereocenters. The van der Waals surface area contributed by atoms with Crippen molar-refractivity contribution in [2.24, 2.45) is 0 Å². The molecule has 1 heterocycles. The quantitative estimate of drug-likeness (QED) is 0.607. The van der Waals surface area contributed by atoms with E-state index >= 15 is 0 Å². The number of amides is 1. The number of aromatic nitrogens is 1. The molecule has 16 heavy (non-hydrogen) atoms. The highest BCUT2D eigenvalue weighted by Gasteiger charge is 2.01. The van der Waals surface area contributed by atoms with Gasteiger partial charge in [0, 0.05) is 26.3 Å². The van der Waals surface area contributed by atoms with Gasteiger partial charge in [0.15, 0.2) is 0 Å². The van der Waals surface area contributed by atoms with Gasteiger partial charge in [0.25, 0.3) is 0 Å². The number of nitrogens with one attached hydrogen (secondary N) is 2. The second kappa shape index (κ2) is 7.84. The molecule has 2 N–H and O–H groups in total. The zero-order valence-electron chi connectivity index (χ0n) is 9.36. The van der Waals surface area contributed by atoms with Gasteiger partial charge in [0.05, 0.1) is 19.3 Å². The first kappa shape index (κ1) is 12.7. The van der Waals surface area contributed by atoms with Crippen molar-refractivity contribution >= 4 is 5.91 Å². The predicted octanol–water partition coefficient (Wildman–Crippen LogP) is -0.0831. The first-order valence-electron chi connectivity index (χ1n) is 5.19. The lowest BCUT2D eigenvalue weighted by Crippen LogP contribution is -2.34. The molecule has 90 valence electrons. The number of hydrogen-bond donors (Lipinski definition) is 2. The maximum absolute atomic E-state index is 11.3. The standard InChI is InChI=1S/C10H17N3O3/c1-15-6-2-4-12-10(14)8-11-7-9-3-5-13-16-9/h3,5,11H,2,4,6-8H2,1H3,(H,12,14). The molecule has 0 aliphatic heterocycles. The van der Waals surface area contributed by atoms with Gasteiger partial charge in [-0.15, -0.1) is 0 Å². The molecule has 0 aliphatic carbocycles. The molecule has 0 aromatic carbocycles. The normalized spacial score (nSPS) is 10.3. The number of rotatable bonds is 8. The number of methoxy groups -OCH3 is 1. The van der Waals surface area contributed by atoms with Crippen LogP contribution in [0.1, 0.15) is 12.2 Å². The molecule has 1 rings (SSSR count). The molecule has 1 aromatic rings. The van der Waals surface area contributed by atoms with Gasteiger partial charge in [0.2, 0.25) is 5.91 Å². The lowest BCUT2D eigenvalue weighted by molar-refractivity contribution is -0.120.